The Labute approximate surface area is 115 Å². The number of nitrogens with one attached hydrogen (secondary N) is 2. The van der Waals surface area contributed by atoms with Crippen LogP contribution in [-0.4, -0.2) is 31.2 Å². The minimum absolute atomic E-state index is 0.670. The van der Waals surface area contributed by atoms with Gasteiger partial charge in [-0.2, -0.15) is 0 Å². The number of H-pyrrole nitrogens is 1. The van der Waals surface area contributed by atoms with E-state index >= 15 is 0 Å². The average molecular weight is 257 g/mol. The molecule has 102 valence electrons. The average Bonchev–Trinajstić information content (AvgIpc) is 2.90. The van der Waals surface area contributed by atoms with Crippen molar-refractivity contribution in [2.24, 2.45) is 0 Å². The van der Waals surface area contributed by atoms with Gasteiger partial charge in [-0.25, -0.2) is 0 Å². The Balaban J connectivity index is 1.79. The van der Waals surface area contributed by atoms with Crippen LogP contribution in [0.25, 0.3) is 10.9 Å². The topological polar surface area (TPSA) is 31.1 Å². The highest BCUT2D eigenvalue weighted by atomic mass is 15.1. The molecule has 1 fully saturated rings. The Bertz CT molecular complexity index is 538. The lowest BCUT2D eigenvalue weighted by Gasteiger charge is -2.35. The number of benzene rings is 1. The van der Waals surface area contributed by atoms with Gasteiger partial charge in [0.2, 0.25) is 0 Å². The predicted octanol–water partition coefficient (Wildman–Crippen LogP) is 3.13. The third-order valence-electron chi connectivity index (χ3n) is 4.60. The van der Waals surface area contributed by atoms with E-state index in [0.29, 0.717) is 12.1 Å². The minimum Gasteiger partial charge on any atom is -0.370 e. The summed E-state index contributed by atoms with van der Waals surface area (Å²) in [6, 6.07) is 9.93. The number of rotatable bonds is 3. The molecular formula is C16H23N3. The van der Waals surface area contributed by atoms with Gasteiger partial charge >= 0.3 is 0 Å². The van der Waals surface area contributed by atoms with E-state index in [2.05, 4.69) is 59.8 Å². The first kappa shape index (κ1) is 12.5. The zero-order chi connectivity index (χ0) is 13.2. The van der Waals surface area contributed by atoms with Gasteiger partial charge in [-0.15, -0.1) is 0 Å². The number of aromatic amines is 1. The van der Waals surface area contributed by atoms with Crippen molar-refractivity contribution in [1.29, 1.82) is 0 Å². The van der Waals surface area contributed by atoms with Crippen molar-refractivity contribution in [2.45, 2.75) is 37.8 Å². The van der Waals surface area contributed by atoms with Crippen molar-refractivity contribution in [2.75, 3.05) is 19.0 Å². The van der Waals surface area contributed by atoms with Crippen LogP contribution in [0.15, 0.2) is 30.5 Å². The van der Waals surface area contributed by atoms with Crippen LogP contribution in [0.3, 0.4) is 0 Å². The summed E-state index contributed by atoms with van der Waals surface area (Å²) in [4.78, 5) is 5.84. The van der Waals surface area contributed by atoms with Crippen molar-refractivity contribution in [3.8, 4) is 0 Å². The highest BCUT2D eigenvalue weighted by molar-refractivity contribution is 5.92. The number of hydrogen-bond acceptors (Lipinski definition) is 2. The number of anilines is 1. The summed E-state index contributed by atoms with van der Waals surface area (Å²) in [5.74, 6) is 0. The number of aromatic nitrogens is 1. The van der Waals surface area contributed by atoms with Crippen LogP contribution in [0.1, 0.15) is 25.7 Å². The molecule has 1 aliphatic rings. The van der Waals surface area contributed by atoms with Crippen molar-refractivity contribution in [3.05, 3.63) is 30.5 Å². The molecule has 0 saturated heterocycles. The molecular weight excluding hydrogens is 234 g/mol. The van der Waals surface area contributed by atoms with Crippen LogP contribution in [0, 0.1) is 0 Å². The van der Waals surface area contributed by atoms with E-state index in [4.69, 9.17) is 0 Å². The second-order valence-electron chi connectivity index (χ2n) is 5.62. The predicted molar refractivity (Wildman–Crippen MR) is 81.8 cm³/mol. The first-order valence-electron chi connectivity index (χ1n) is 7.26. The van der Waals surface area contributed by atoms with E-state index < -0.39 is 0 Å². The summed E-state index contributed by atoms with van der Waals surface area (Å²) in [7, 11) is 4.31. The number of nitrogens with zero attached hydrogens (tertiary/aromatic N) is 1. The van der Waals surface area contributed by atoms with Crippen LogP contribution in [0.4, 0.5) is 5.69 Å². The molecule has 0 amide bonds. The highest BCUT2D eigenvalue weighted by Gasteiger charge is 2.24. The van der Waals surface area contributed by atoms with E-state index in [9.17, 15) is 0 Å². The third-order valence-corrected chi connectivity index (χ3v) is 4.60. The molecule has 0 radical (unpaired) electrons. The molecule has 2 N–H and O–H groups in total. The Hall–Kier alpha value is -1.48. The Morgan fingerprint density at radius 1 is 1.16 bits per heavy atom. The SMILES string of the molecule is CNC1CCC(N(C)c2c[nH]c3ccccc23)CC1. The first-order valence-corrected chi connectivity index (χ1v) is 7.26. The van der Waals surface area contributed by atoms with E-state index in [-0.39, 0.29) is 0 Å². The van der Waals surface area contributed by atoms with E-state index in [1.807, 2.05) is 0 Å². The second-order valence-corrected chi connectivity index (χ2v) is 5.62. The molecule has 0 unspecified atom stereocenters. The van der Waals surface area contributed by atoms with Gasteiger partial charge in [0.05, 0.1) is 5.69 Å². The lowest BCUT2D eigenvalue weighted by Crippen LogP contribution is -2.39. The van der Waals surface area contributed by atoms with Crippen molar-refractivity contribution in [3.63, 3.8) is 0 Å². The van der Waals surface area contributed by atoms with Gasteiger partial charge in [0.15, 0.2) is 0 Å². The maximum atomic E-state index is 3.40. The van der Waals surface area contributed by atoms with Gasteiger partial charge in [0.25, 0.3) is 0 Å². The summed E-state index contributed by atoms with van der Waals surface area (Å²) in [6.07, 6.45) is 7.28. The van der Waals surface area contributed by atoms with E-state index in [0.717, 1.165) is 0 Å². The quantitative estimate of drug-likeness (QED) is 0.885. The molecule has 3 heteroatoms. The normalized spacial score (nSPS) is 23.7. The van der Waals surface area contributed by atoms with Crippen molar-refractivity contribution in [1.82, 2.24) is 10.3 Å². The molecule has 0 aliphatic heterocycles. The third kappa shape index (κ3) is 2.35. The van der Waals surface area contributed by atoms with Crippen LogP contribution >= 0.6 is 0 Å². The van der Waals surface area contributed by atoms with Crippen LogP contribution in [0.5, 0.6) is 0 Å². The summed E-state index contributed by atoms with van der Waals surface area (Å²) in [6.45, 7) is 0. The largest absolute Gasteiger partial charge is 0.370 e. The fourth-order valence-corrected chi connectivity index (χ4v) is 3.30. The number of hydrogen-bond donors (Lipinski definition) is 2. The van der Waals surface area contributed by atoms with Gasteiger partial charge in [0, 0.05) is 36.2 Å². The zero-order valence-electron chi connectivity index (χ0n) is 11.8. The maximum Gasteiger partial charge on any atom is 0.0623 e. The molecule has 0 spiro atoms. The summed E-state index contributed by atoms with van der Waals surface area (Å²) >= 11 is 0. The molecule has 1 aromatic carbocycles. The maximum absolute atomic E-state index is 3.40. The summed E-state index contributed by atoms with van der Waals surface area (Å²) in [5.41, 5.74) is 2.57. The molecule has 0 bridgehead atoms. The number of fused-ring (bicyclic) bond motifs is 1. The van der Waals surface area contributed by atoms with Crippen LogP contribution in [-0.2, 0) is 0 Å². The van der Waals surface area contributed by atoms with E-state index in [1.54, 1.807) is 0 Å². The van der Waals surface area contributed by atoms with Gasteiger partial charge in [0.1, 0.15) is 0 Å². The monoisotopic (exact) mass is 257 g/mol. The standard InChI is InChI=1S/C16H23N3/c1-17-12-7-9-13(10-8-12)19(2)16-11-18-15-6-4-3-5-14(15)16/h3-6,11-13,17-18H,7-10H2,1-2H3. The fourth-order valence-electron chi connectivity index (χ4n) is 3.30. The second kappa shape index (κ2) is 5.25. The summed E-state index contributed by atoms with van der Waals surface area (Å²) < 4.78 is 0. The smallest absolute Gasteiger partial charge is 0.0623 e. The first-order chi connectivity index (χ1) is 9.29. The molecule has 3 nitrogen and oxygen atoms in total. The summed E-state index contributed by atoms with van der Waals surface area (Å²) in [5, 5.41) is 4.74. The van der Waals surface area contributed by atoms with Gasteiger partial charge < -0.3 is 15.2 Å². The number of para-hydroxylation sites is 1. The van der Waals surface area contributed by atoms with Gasteiger partial charge in [-0.05, 0) is 38.8 Å². The Morgan fingerprint density at radius 2 is 1.89 bits per heavy atom. The van der Waals surface area contributed by atoms with Gasteiger partial charge in [-0.3, -0.25) is 0 Å². The molecule has 1 saturated carbocycles. The minimum atomic E-state index is 0.670. The van der Waals surface area contributed by atoms with Crippen molar-refractivity contribution < 1.29 is 0 Å². The van der Waals surface area contributed by atoms with Gasteiger partial charge in [-0.1, -0.05) is 18.2 Å². The van der Waals surface area contributed by atoms with E-state index in [1.165, 1.54) is 42.3 Å². The molecule has 2 aromatic rings. The zero-order valence-corrected chi connectivity index (χ0v) is 11.8. The molecule has 0 atom stereocenters. The molecule has 1 aromatic heterocycles. The lowest BCUT2D eigenvalue weighted by atomic mass is 9.90. The highest BCUT2D eigenvalue weighted by Crippen LogP contribution is 2.31. The lowest BCUT2D eigenvalue weighted by molar-refractivity contribution is 0.351. The molecule has 1 aliphatic carbocycles. The Kier molecular flexibility index (Phi) is 3.47. The molecule has 3 rings (SSSR count). The molecule has 1 heterocycles. The fraction of sp³-hybridized carbons (Fsp3) is 0.500. The Morgan fingerprint density at radius 3 is 2.63 bits per heavy atom. The van der Waals surface area contributed by atoms with Crippen LogP contribution in [0.2, 0.25) is 0 Å². The molecule has 19 heavy (non-hydrogen) atoms. The van der Waals surface area contributed by atoms with Crippen LogP contribution < -0.4 is 10.2 Å². The van der Waals surface area contributed by atoms with Crippen molar-refractivity contribution >= 4 is 16.6 Å².